The van der Waals surface area contributed by atoms with Gasteiger partial charge >= 0.3 is 12.2 Å². The van der Waals surface area contributed by atoms with Gasteiger partial charge < -0.3 is 24.7 Å². The summed E-state index contributed by atoms with van der Waals surface area (Å²) in [5, 5.41) is 21.6. The molecule has 3 amide bonds. The van der Waals surface area contributed by atoms with Gasteiger partial charge in [0.1, 0.15) is 23.6 Å². The van der Waals surface area contributed by atoms with Gasteiger partial charge in [0.05, 0.1) is 23.5 Å². The summed E-state index contributed by atoms with van der Waals surface area (Å²) in [7, 11) is -3.99. The molecular formula is C29H41N5O9S. The van der Waals surface area contributed by atoms with Crippen LogP contribution in [0.15, 0.2) is 46.4 Å². The molecule has 0 saturated carbocycles. The fraction of sp³-hybridized carbons (Fsp3) is 0.448. The molecule has 5 N–H and O–H groups in total. The standard InChI is InChI=1S/C29H41N5O9S/c1-18-10-9-11-20(16-18)44(39,40)34-22-13-12-19(2)21(24(22)36)17-23(35)30-14-15-41-33-25(31-26(37)42-28(3,4)5)32-27(38)43-29(6,7)8/h9-13,16,34,36H,14-15,17H2,1-8H3,(H,30,35)(H2,31,32,33,37,38). The van der Waals surface area contributed by atoms with Crippen molar-refractivity contribution in [2.24, 2.45) is 5.16 Å². The van der Waals surface area contributed by atoms with Crippen LogP contribution in [-0.2, 0) is 35.5 Å². The molecule has 0 radical (unpaired) electrons. The van der Waals surface area contributed by atoms with E-state index >= 15 is 0 Å². The fourth-order valence-corrected chi connectivity index (χ4v) is 4.65. The molecule has 44 heavy (non-hydrogen) atoms. The molecule has 0 aliphatic heterocycles. The van der Waals surface area contributed by atoms with Crippen LogP contribution in [0.4, 0.5) is 15.3 Å². The molecule has 15 heteroatoms. The summed E-state index contributed by atoms with van der Waals surface area (Å²) in [4.78, 5) is 42.1. The van der Waals surface area contributed by atoms with Gasteiger partial charge in [-0.05, 0) is 89.9 Å². The number of rotatable bonds is 9. The van der Waals surface area contributed by atoms with Crippen LogP contribution in [0.1, 0.15) is 58.2 Å². The molecule has 14 nitrogen and oxygen atoms in total. The molecule has 0 bridgehead atoms. The normalized spacial score (nSPS) is 11.5. The summed E-state index contributed by atoms with van der Waals surface area (Å²) in [5.41, 5.74) is -0.143. The summed E-state index contributed by atoms with van der Waals surface area (Å²) in [6.07, 6.45) is -2.06. The highest BCUT2D eigenvalue weighted by molar-refractivity contribution is 7.92. The number of carbonyl (C=O) groups excluding carboxylic acids is 3. The molecule has 0 aliphatic rings. The number of hydrogen-bond acceptors (Lipinski definition) is 10. The van der Waals surface area contributed by atoms with E-state index in [0.717, 1.165) is 5.56 Å². The quantitative estimate of drug-likeness (QED) is 0.0896. The van der Waals surface area contributed by atoms with Gasteiger partial charge in [0.2, 0.25) is 5.91 Å². The molecule has 0 aromatic heterocycles. The van der Waals surface area contributed by atoms with E-state index in [1.807, 2.05) is 0 Å². The van der Waals surface area contributed by atoms with Crippen LogP contribution in [0.3, 0.4) is 0 Å². The van der Waals surface area contributed by atoms with Crippen LogP contribution < -0.4 is 20.7 Å². The molecule has 2 aromatic rings. The fourth-order valence-electron chi connectivity index (χ4n) is 3.48. The summed E-state index contributed by atoms with van der Waals surface area (Å²) in [5.74, 6) is -1.26. The van der Waals surface area contributed by atoms with Crippen molar-refractivity contribution < 1.29 is 42.2 Å². The van der Waals surface area contributed by atoms with Gasteiger partial charge in [-0.25, -0.2) is 18.0 Å². The minimum absolute atomic E-state index is 0.0326. The maximum absolute atomic E-state index is 12.8. The largest absolute Gasteiger partial charge is 0.505 e. The van der Waals surface area contributed by atoms with Crippen molar-refractivity contribution in [2.75, 3.05) is 17.9 Å². The first kappa shape index (κ1) is 35.7. The number of hydrogen-bond donors (Lipinski definition) is 5. The van der Waals surface area contributed by atoms with E-state index in [-0.39, 0.29) is 41.5 Å². The van der Waals surface area contributed by atoms with Crippen molar-refractivity contribution in [3.05, 3.63) is 53.1 Å². The van der Waals surface area contributed by atoms with E-state index in [1.54, 1.807) is 73.6 Å². The van der Waals surface area contributed by atoms with E-state index in [0.29, 0.717) is 5.56 Å². The molecule has 0 spiro atoms. The van der Waals surface area contributed by atoms with Gasteiger partial charge in [-0.2, -0.15) is 0 Å². The van der Waals surface area contributed by atoms with E-state index in [2.05, 4.69) is 25.8 Å². The lowest BCUT2D eigenvalue weighted by Gasteiger charge is -2.21. The van der Waals surface area contributed by atoms with Gasteiger partial charge in [0, 0.05) is 5.56 Å². The summed E-state index contributed by atoms with van der Waals surface area (Å²) in [6.45, 7) is 13.2. The number of nitrogens with one attached hydrogen (secondary N) is 4. The molecule has 0 aliphatic carbocycles. The Morgan fingerprint density at radius 2 is 1.50 bits per heavy atom. The number of oxime groups is 1. The number of aryl methyl sites for hydroxylation is 2. The first-order valence-electron chi connectivity index (χ1n) is 13.6. The number of aromatic hydroxyl groups is 1. The second-order valence-corrected chi connectivity index (χ2v) is 13.4. The van der Waals surface area contributed by atoms with Crippen molar-refractivity contribution in [1.29, 1.82) is 0 Å². The molecule has 0 saturated heterocycles. The Balaban J connectivity index is 2.01. The molecule has 0 heterocycles. The van der Waals surface area contributed by atoms with E-state index in [1.165, 1.54) is 18.2 Å². The number of amides is 3. The SMILES string of the molecule is Cc1cccc(S(=O)(=O)Nc2ccc(C)c(CC(=O)NCCON=C(NC(=O)OC(C)(C)C)NC(=O)OC(C)(C)C)c2O)c1. The maximum atomic E-state index is 12.8. The number of phenols is 1. The predicted octanol–water partition coefficient (Wildman–Crippen LogP) is 3.81. The monoisotopic (exact) mass is 635 g/mol. The van der Waals surface area contributed by atoms with Gasteiger partial charge in [-0.3, -0.25) is 20.2 Å². The Labute approximate surface area is 257 Å². The Morgan fingerprint density at radius 1 is 0.909 bits per heavy atom. The van der Waals surface area contributed by atoms with Crippen molar-refractivity contribution >= 4 is 39.8 Å². The lowest BCUT2D eigenvalue weighted by molar-refractivity contribution is -0.120. The van der Waals surface area contributed by atoms with Crippen LogP contribution in [-0.4, -0.2) is 61.9 Å². The highest BCUT2D eigenvalue weighted by Gasteiger charge is 2.22. The van der Waals surface area contributed by atoms with Crippen LogP contribution in [0.25, 0.3) is 0 Å². The van der Waals surface area contributed by atoms with Crippen LogP contribution in [0.5, 0.6) is 5.75 Å². The van der Waals surface area contributed by atoms with E-state index < -0.39 is 45.3 Å². The van der Waals surface area contributed by atoms with Crippen LogP contribution in [0.2, 0.25) is 0 Å². The number of benzene rings is 2. The molecule has 0 unspecified atom stereocenters. The van der Waals surface area contributed by atoms with Crippen LogP contribution >= 0.6 is 0 Å². The van der Waals surface area contributed by atoms with E-state index in [9.17, 15) is 27.9 Å². The minimum atomic E-state index is -3.99. The van der Waals surface area contributed by atoms with Crippen molar-refractivity contribution in [2.45, 2.75) is 77.9 Å². The van der Waals surface area contributed by atoms with Gasteiger partial charge in [0.15, 0.2) is 0 Å². The number of nitrogens with zero attached hydrogens (tertiary/aromatic N) is 1. The zero-order chi connectivity index (χ0) is 33.3. The molecule has 242 valence electrons. The molecule has 0 fully saturated rings. The highest BCUT2D eigenvalue weighted by atomic mass is 32.2. The third-order valence-electron chi connectivity index (χ3n) is 5.31. The second kappa shape index (κ2) is 14.8. The number of anilines is 1. The minimum Gasteiger partial charge on any atom is -0.505 e. The number of guanidine groups is 1. The molecular weight excluding hydrogens is 594 g/mol. The van der Waals surface area contributed by atoms with Gasteiger partial charge in [-0.1, -0.05) is 18.2 Å². The summed E-state index contributed by atoms with van der Waals surface area (Å²) >= 11 is 0. The maximum Gasteiger partial charge on any atom is 0.414 e. The predicted molar refractivity (Wildman–Crippen MR) is 164 cm³/mol. The lowest BCUT2D eigenvalue weighted by Crippen LogP contribution is -2.47. The third kappa shape index (κ3) is 12.4. The summed E-state index contributed by atoms with van der Waals surface area (Å²) in [6, 6.07) is 9.31. The lowest BCUT2D eigenvalue weighted by atomic mass is 10.0. The van der Waals surface area contributed by atoms with Crippen molar-refractivity contribution in [1.82, 2.24) is 16.0 Å². The average molecular weight is 636 g/mol. The zero-order valence-electron chi connectivity index (χ0n) is 26.2. The molecule has 0 atom stereocenters. The number of ether oxygens (including phenoxy) is 2. The van der Waals surface area contributed by atoms with Crippen molar-refractivity contribution in [3.8, 4) is 5.75 Å². The smallest absolute Gasteiger partial charge is 0.414 e. The Bertz CT molecular complexity index is 1460. The number of phenolic OH excluding ortho intramolecular Hbond substituents is 1. The Hall–Kier alpha value is -4.53. The Kier molecular flexibility index (Phi) is 12.0. The van der Waals surface area contributed by atoms with Crippen molar-refractivity contribution in [3.63, 3.8) is 0 Å². The first-order chi connectivity index (χ1) is 20.3. The molecule has 2 aromatic carbocycles. The number of sulfonamides is 1. The third-order valence-corrected chi connectivity index (χ3v) is 6.67. The van der Waals surface area contributed by atoms with Gasteiger partial charge in [-0.15, -0.1) is 0 Å². The Morgan fingerprint density at radius 3 is 2.05 bits per heavy atom. The second-order valence-electron chi connectivity index (χ2n) is 11.7. The number of carbonyl (C=O) groups is 3. The average Bonchev–Trinajstić information content (AvgIpc) is 2.85. The topological polar surface area (TPSA) is 194 Å². The first-order valence-corrected chi connectivity index (χ1v) is 15.1. The summed E-state index contributed by atoms with van der Waals surface area (Å²) < 4.78 is 38.3. The zero-order valence-corrected chi connectivity index (χ0v) is 27.0. The van der Waals surface area contributed by atoms with E-state index in [4.69, 9.17) is 14.3 Å². The molecule has 2 rings (SSSR count). The van der Waals surface area contributed by atoms with Crippen LogP contribution in [0, 0.1) is 13.8 Å². The van der Waals surface area contributed by atoms with Gasteiger partial charge in [0.25, 0.3) is 16.0 Å². The highest BCUT2D eigenvalue weighted by Crippen LogP contribution is 2.32. The number of alkyl carbamates (subject to hydrolysis) is 2.